The van der Waals surface area contributed by atoms with E-state index in [1.807, 2.05) is 12.4 Å². The Morgan fingerprint density at radius 3 is 2.55 bits per heavy atom. The fourth-order valence-electron chi connectivity index (χ4n) is 3.11. The predicted molar refractivity (Wildman–Crippen MR) is 84.3 cm³/mol. The molecule has 2 aromatic rings. The Labute approximate surface area is 130 Å². The quantitative estimate of drug-likeness (QED) is 0.869. The Kier molecular flexibility index (Phi) is 4.12. The fourth-order valence-corrected chi connectivity index (χ4v) is 4.44. The zero-order valence-corrected chi connectivity index (χ0v) is 13.0. The molecule has 0 saturated carbocycles. The highest BCUT2D eigenvalue weighted by atomic mass is 32.2. The van der Waals surface area contributed by atoms with E-state index in [0.717, 1.165) is 30.4 Å². The predicted octanol–water partition coefficient (Wildman–Crippen LogP) is 3.44. The van der Waals surface area contributed by atoms with E-state index in [2.05, 4.69) is 0 Å². The number of sulfone groups is 1. The highest BCUT2D eigenvalue weighted by Crippen LogP contribution is 2.35. The Morgan fingerprint density at radius 1 is 1.05 bits per heavy atom. The summed E-state index contributed by atoms with van der Waals surface area (Å²) in [4.78, 5) is 11.3. The average Bonchev–Trinajstić information content (AvgIpc) is 2.56. The molecule has 0 bridgehead atoms. The van der Waals surface area contributed by atoms with Gasteiger partial charge >= 0.3 is 0 Å². The molecule has 1 radical (unpaired) electrons. The van der Waals surface area contributed by atoms with Crippen LogP contribution in [-0.2, 0) is 21.1 Å². The van der Waals surface area contributed by atoms with Gasteiger partial charge < -0.3 is 0 Å². The fraction of sp³-hybridized carbons (Fsp3) is 0.278. The van der Waals surface area contributed by atoms with Crippen LogP contribution in [0.1, 0.15) is 36.3 Å². The van der Waals surface area contributed by atoms with E-state index in [1.165, 1.54) is 0 Å². The molecule has 0 saturated heterocycles. The zero-order chi connectivity index (χ0) is 15.6. The van der Waals surface area contributed by atoms with Crippen LogP contribution in [0.4, 0.5) is 0 Å². The van der Waals surface area contributed by atoms with Gasteiger partial charge in [0.2, 0.25) is 9.84 Å². The van der Waals surface area contributed by atoms with Gasteiger partial charge in [-0.05, 0) is 60.6 Å². The van der Waals surface area contributed by atoms with Crippen molar-refractivity contribution in [1.29, 1.82) is 0 Å². The van der Waals surface area contributed by atoms with Crippen LogP contribution >= 0.6 is 0 Å². The average molecular weight is 313 g/mol. The van der Waals surface area contributed by atoms with Gasteiger partial charge in [-0.15, -0.1) is 0 Å². The minimum absolute atomic E-state index is 0.176. The van der Waals surface area contributed by atoms with Crippen molar-refractivity contribution in [2.24, 2.45) is 0 Å². The van der Waals surface area contributed by atoms with Gasteiger partial charge in [0.1, 0.15) is 0 Å². The Hall–Kier alpha value is -1.94. The van der Waals surface area contributed by atoms with E-state index in [9.17, 15) is 13.2 Å². The van der Waals surface area contributed by atoms with Crippen molar-refractivity contribution >= 4 is 16.1 Å². The van der Waals surface area contributed by atoms with Crippen LogP contribution < -0.4 is 0 Å². The summed E-state index contributed by atoms with van der Waals surface area (Å²) in [5, 5.41) is 0. The molecule has 0 amide bonds. The molecular weight excluding hydrogens is 296 g/mol. The maximum atomic E-state index is 12.7. The Balaban J connectivity index is 2.02. The second-order valence-electron chi connectivity index (χ2n) is 5.61. The largest absolute Gasteiger partial charge is 0.291 e. The van der Waals surface area contributed by atoms with Crippen molar-refractivity contribution in [3.05, 3.63) is 59.7 Å². The first-order valence-electron chi connectivity index (χ1n) is 7.41. The molecular formula is C18H17O3S. The molecule has 1 unspecified atom stereocenters. The maximum absolute atomic E-state index is 12.7. The SMILES string of the molecule is O=[C]CC1CCCc2cc(S(=O)(=O)c3ccccc3)ccc21. The van der Waals surface area contributed by atoms with Gasteiger partial charge in [0.05, 0.1) is 9.79 Å². The van der Waals surface area contributed by atoms with E-state index in [4.69, 9.17) is 0 Å². The number of hydrogen-bond acceptors (Lipinski definition) is 3. The Bertz CT molecular complexity index is 779. The van der Waals surface area contributed by atoms with E-state index >= 15 is 0 Å². The van der Waals surface area contributed by atoms with Crippen LogP contribution in [0.2, 0.25) is 0 Å². The molecule has 0 aromatic heterocycles. The van der Waals surface area contributed by atoms with Crippen molar-refractivity contribution in [3.63, 3.8) is 0 Å². The maximum Gasteiger partial charge on any atom is 0.206 e. The second-order valence-corrected chi connectivity index (χ2v) is 7.56. The second kappa shape index (κ2) is 6.05. The van der Waals surface area contributed by atoms with Gasteiger partial charge in [0, 0.05) is 6.42 Å². The van der Waals surface area contributed by atoms with Crippen LogP contribution in [-0.4, -0.2) is 14.7 Å². The third kappa shape index (κ3) is 2.71. The van der Waals surface area contributed by atoms with Crippen molar-refractivity contribution in [2.45, 2.75) is 41.4 Å². The van der Waals surface area contributed by atoms with E-state index in [1.54, 1.807) is 42.5 Å². The summed E-state index contributed by atoms with van der Waals surface area (Å²) in [5.41, 5.74) is 2.14. The molecule has 0 aliphatic heterocycles. The summed E-state index contributed by atoms with van der Waals surface area (Å²) < 4.78 is 25.3. The normalized spacial score (nSPS) is 17.7. The first kappa shape index (κ1) is 15.0. The molecule has 0 N–H and O–H groups in total. The molecule has 0 spiro atoms. The van der Waals surface area contributed by atoms with E-state index < -0.39 is 9.84 Å². The molecule has 1 aliphatic rings. The minimum atomic E-state index is -3.48. The van der Waals surface area contributed by atoms with Gasteiger partial charge in [-0.25, -0.2) is 8.42 Å². The molecule has 4 heteroatoms. The van der Waals surface area contributed by atoms with Gasteiger partial charge in [-0.2, -0.15) is 0 Å². The Morgan fingerprint density at radius 2 is 1.82 bits per heavy atom. The summed E-state index contributed by atoms with van der Waals surface area (Å²) in [6.45, 7) is 0. The molecule has 1 atom stereocenters. The molecule has 1 aliphatic carbocycles. The number of fused-ring (bicyclic) bond motifs is 1. The van der Waals surface area contributed by atoms with Crippen molar-refractivity contribution in [2.75, 3.05) is 0 Å². The third-order valence-electron chi connectivity index (χ3n) is 4.25. The lowest BCUT2D eigenvalue weighted by atomic mass is 9.81. The highest BCUT2D eigenvalue weighted by Gasteiger charge is 2.23. The number of hydrogen-bond donors (Lipinski definition) is 0. The number of rotatable bonds is 4. The molecule has 2 aromatic carbocycles. The van der Waals surface area contributed by atoms with Gasteiger partial charge in [0.25, 0.3) is 0 Å². The first-order chi connectivity index (χ1) is 10.6. The molecule has 0 fully saturated rings. The molecule has 22 heavy (non-hydrogen) atoms. The standard InChI is InChI=1S/C18H17O3S/c19-12-11-14-5-4-6-15-13-17(9-10-18(14)15)22(20,21)16-7-2-1-3-8-16/h1-3,7-10,13-14H,4-6,11H2. The topological polar surface area (TPSA) is 51.2 Å². The van der Waals surface area contributed by atoms with Crippen LogP contribution in [0, 0.1) is 0 Å². The monoisotopic (exact) mass is 313 g/mol. The molecule has 3 nitrogen and oxygen atoms in total. The van der Waals surface area contributed by atoms with Crippen molar-refractivity contribution < 1.29 is 13.2 Å². The van der Waals surface area contributed by atoms with E-state index in [-0.39, 0.29) is 5.92 Å². The number of benzene rings is 2. The van der Waals surface area contributed by atoms with Crippen LogP contribution in [0.25, 0.3) is 0 Å². The van der Waals surface area contributed by atoms with E-state index in [0.29, 0.717) is 16.2 Å². The number of carbonyl (C=O) groups excluding carboxylic acids is 1. The van der Waals surface area contributed by atoms with Crippen molar-refractivity contribution in [3.8, 4) is 0 Å². The summed E-state index contributed by atoms with van der Waals surface area (Å²) >= 11 is 0. The van der Waals surface area contributed by atoms with Gasteiger partial charge in [-0.3, -0.25) is 4.79 Å². The minimum Gasteiger partial charge on any atom is -0.291 e. The summed E-state index contributed by atoms with van der Waals surface area (Å²) in [6, 6.07) is 13.8. The lowest BCUT2D eigenvalue weighted by molar-refractivity contribution is 0.517. The van der Waals surface area contributed by atoms with Gasteiger partial charge in [-0.1, -0.05) is 24.3 Å². The molecule has 113 valence electrons. The molecule has 3 rings (SSSR count). The smallest absolute Gasteiger partial charge is 0.206 e. The first-order valence-corrected chi connectivity index (χ1v) is 8.89. The zero-order valence-electron chi connectivity index (χ0n) is 12.2. The van der Waals surface area contributed by atoms with Crippen molar-refractivity contribution in [1.82, 2.24) is 0 Å². The summed E-state index contributed by atoms with van der Waals surface area (Å²) in [7, 11) is -3.48. The summed E-state index contributed by atoms with van der Waals surface area (Å²) in [6.07, 6.45) is 5.18. The lowest BCUT2D eigenvalue weighted by Gasteiger charge is -2.24. The van der Waals surface area contributed by atoms with Crippen LogP contribution in [0.5, 0.6) is 0 Å². The molecule has 0 heterocycles. The highest BCUT2D eigenvalue weighted by molar-refractivity contribution is 7.91. The van der Waals surface area contributed by atoms with Crippen LogP contribution in [0.15, 0.2) is 58.3 Å². The summed E-state index contributed by atoms with van der Waals surface area (Å²) in [5.74, 6) is 0.176. The third-order valence-corrected chi connectivity index (χ3v) is 6.01. The van der Waals surface area contributed by atoms with Crippen LogP contribution in [0.3, 0.4) is 0 Å². The lowest BCUT2D eigenvalue weighted by Crippen LogP contribution is -2.12. The van der Waals surface area contributed by atoms with Gasteiger partial charge in [0.15, 0.2) is 6.29 Å². The number of aryl methyl sites for hydroxylation is 1.